The Balaban J connectivity index is 2.18. The van der Waals surface area contributed by atoms with E-state index in [1.807, 2.05) is 0 Å². The number of hydrogen-bond acceptors (Lipinski definition) is 1. The molecule has 0 aliphatic heterocycles. The lowest BCUT2D eigenvalue weighted by Gasteiger charge is -2.13. The van der Waals surface area contributed by atoms with Gasteiger partial charge in [-0.25, -0.2) is 4.39 Å². The Bertz CT molecular complexity index is 636. The summed E-state index contributed by atoms with van der Waals surface area (Å²) in [7, 11) is 0. The Hall–Kier alpha value is -1.46. The molecule has 0 radical (unpaired) electrons. The maximum absolute atomic E-state index is 13.6. The summed E-state index contributed by atoms with van der Waals surface area (Å²) in [6.45, 7) is 0.0105. The normalized spacial score (nSPS) is 11.5. The number of nitrogens with one attached hydrogen (secondary N) is 1. The molecule has 0 atom stereocenters. The van der Waals surface area contributed by atoms with Gasteiger partial charge in [-0.15, -0.1) is 0 Å². The van der Waals surface area contributed by atoms with Gasteiger partial charge >= 0.3 is 6.18 Å². The van der Waals surface area contributed by atoms with E-state index in [1.165, 1.54) is 24.3 Å². The molecule has 7 heteroatoms. The Labute approximate surface area is 128 Å². The first kappa shape index (κ1) is 15.9. The topological polar surface area (TPSA) is 12.0 Å². The lowest BCUT2D eigenvalue weighted by Crippen LogP contribution is -2.07. The predicted molar refractivity (Wildman–Crippen MR) is 75.2 cm³/mol. The van der Waals surface area contributed by atoms with Gasteiger partial charge in [-0.3, -0.25) is 0 Å². The maximum Gasteiger partial charge on any atom is 0.416 e. The smallest absolute Gasteiger partial charge is 0.380 e. The standard InChI is InChI=1S/C14H9Cl2F4N/c15-10-2-1-3-12(17)9(10)7-21-13-5-4-8(6-11(13)16)14(18,19)20/h1-6,21H,7H2. The van der Waals surface area contributed by atoms with Crippen LogP contribution >= 0.6 is 23.2 Å². The van der Waals surface area contributed by atoms with E-state index in [2.05, 4.69) is 5.32 Å². The van der Waals surface area contributed by atoms with Crippen LogP contribution in [-0.2, 0) is 12.7 Å². The molecule has 112 valence electrons. The second kappa shape index (κ2) is 6.12. The third kappa shape index (κ3) is 3.80. The molecule has 0 aliphatic rings. The number of rotatable bonds is 3. The van der Waals surface area contributed by atoms with Crippen LogP contribution in [0.25, 0.3) is 0 Å². The summed E-state index contributed by atoms with van der Waals surface area (Å²) in [5.41, 5.74) is -0.360. The fourth-order valence-corrected chi connectivity index (χ4v) is 2.20. The van der Waals surface area contributed by atoms with Crippen molar-refractivity contribution in [2.75, 3.05) is 5.32 Å². The fourth-order valence-electron chi connectivity index (χ4n) is 1.72. The minimum absolute atomic E-state index is 0.0105. The highest BCUT2D eigenvalue weighted by molar-refractivity contribution is 6.33. The lowest BCUT2D eigenvalue weighted by molar-refractivity contribution is -0.137. The molecule has 0 saturated heterocycles. The van der Waals surface area contributed by atoms with Gasteiger partial charge in [0.15, 0.2) is 0 Å². The molecule has 2 aromatic rings. The molecule has 2 aromatic carbocycles. The van der Waals surface area contributed by atoms with Crippen molar-refractivity contribution in [2.24, 2.45) is 0 Å². The van der Waals surface area contributed by atoms with Crippen LogP contribution in [0.3, 0.4) is 0 Å². The first-order chi connectivity index (χ1) is 9.79. The monoisotopic (exact) mass is 337 g/mol. The van der Waals surface area contributed by atoms with Crippen molar-refractivity contribution in [3.63, 3.8) is 0 Å². The van der Waals surface area contributed by atoms with Crippen LogP contribution in [0.2, 0.25) is 10.0 Å². The summed E-state index contributed by atoms with van der Waals surface area (Å²) in [5.74, 6) is -0.502. The molecule has 2 rings (SSSR count). The van der Waals surface area contributed by atoms with E-state index in [0.717, 1.165) is 12.1 Å². The Morgan fingerprint density at radius 3 is 2.29 bits per heavy atom. The summed E-state index contributed by atoms with van der Waals surface area (Å²) >= 11 is 11.7. The van der Waals surface area contributed by atoms with Gasteiger partial charge < -0.3 is 5.32 Å². The molecule has 0 bridgehead atoms. The first-order valence-corrected chi connectivity index (χ1v) is 6.58. The van der Waals surface area contributed by atoms with Crippen molar-refractivity contribution in [3.8, 4) is 0 Å². The number of benzene rings is 2. The van der Waals surface area contributed by atoms with E-state index in [4.69, 9.17) is 23.2 Å². The third-order valence-corrected chi connectivity index (χ3v) is 3.48. The van der Waals surface area contributed by atoms with E-state index in [9.17, 15) is 17.6 Å². The summed E-state index contributed by atoms with van der Waals surface area (Å²) < 4.78 is 51.1. The molecule has 0 spiro atoms. The van der Waals surface area contributed by atoms with Crippen LogP contribution < -0.4 is 5.32 Å². The van der Waals surface area contributed by atoms with Gasteiger partial charge in [0.05, 0.1) is 16.3 Å². The van der Waals surface area contributed by atoms with Gasteiger partial charge in [0, 0.05) is 17.1 Å². The van der Waals surface area contributed by atoms with Gasteiger partial charge in [-0.2, -0.15) is 13.2 Å². The van der Waals surface area contributed by atoms with Crippen molar-refractivity contribution in [2.45, 2.75) is 12.7 Å². The lowest BCUT2D eigenvalue weighted by atomic mass is 10.1. The molecule has 0 aliphatic carbocycles. The molecule has 0 amide bonds. The van der Waals surface area contributed by atoms with Crippen molar-refractivity contribution >= 4 is 28.9 Å². The molecule has 21 heavy (non-hydrogen) atoms. The number of halogens is 6. The summed E-state index contributed by atoms with van der Waals surface area (Å²) in [6, 6.07) is 7.14. The second-order valence-electron chi connectivity index (χ2n) is 4.25. The van der Waals surface area contributed by atoms with Crippen molar-refractivity contribution in [1.29, 1.82) is 0 Å². The molecule has 1 N–H and O–H groups in total. The van der Waals surface area contributed by atoms with Gasteiger partial charge in [0.1, 0.15) is 5.82 Å². The molecule has 1 nitrogen and oxygen atoms in total. The average Bonchev–Trinajstić information content (AvgIpc) is 2.38. The quantitative estimate of drug-likeness (QED) is 0.701. The minimum Gasteiger partial charge on any atom is -0.380 e. The van der Waals surface area contributed by atoms with Crippen molar-refractivity contribution in [1.82, 2.24) is 0 Å². The molecular weight excluding hydrogens is 329 g/mol. The molecular formula is C14H9Cl2F4N. The zero-order chi connectivity index (χ0) is 15.6. The van der Waals surface area contributed by atoms with Crippen LogP contribution in [0, 0.1) is 5.82 Å². The first-order valence-electron chi connectivity index (χ1n) is 5.82. The molecule has 0 fully saturated rings. The van der Waals surface area contributed by atoms with Crippen LogP contribution in [0.1, 0.15) is 11.1 Å². The molecule has 0 saturated carbocycles. The van der Waals surface area contributed by atoms with Crippen LogP contribution in [0.5, 0.6) is 0 Å². The predicted octanol–water partition coefficient (Wildman–Crippen LogP) is 5.76. The summed E-state index contributed by atoms with van der Waals surface area (Å²) in [5, 5.41) is 2.89. The average molecular weight is 338 g/mol. The molecule has 0 heterocycles. The zero-order valence-corrected chi connectivity index (χ0v) is 12.0. The summed E-state index contributed by atoms with van der Waals surface area (Å²) in [4.78, 5) is 0. The molecule has 0 unspecified atom stereocenters. The third-order valence-electron chi connectivity index (χ3n) is 2.81. The van der Waals surface area contributed by atoms with Crippen molar-refractivity contribution < 1.29 is 17.6 Å². The molecule has 0 aromatic heterocycles. The SMILES string of the molecule is Fc1cccc(Cl)c1CNc1ccc(C(F)(F)F)cc1Cl. The Morgan fingerprint density at radius 1 is 1.00 bits per heavy atom. The van der Waals surface area contributed by atoms with Crippen LogP contribution in [0.4, 0.5) is 23.2 Å². The van der Waals surface area contributed by atoms with E-state index < -0.39 is 17.6 Å². The van der Waals surface area contributed by atoms with Crippen molar-refractivity contribution in [3.05, 3.63) is 63.4 Å². The van der Waals surface area contributed by atoms with Gasteiger partial charge in [-0.05, 0) is 30.3 Å². The minimum atomic E-state index is -4.46. The number of anilines is 1. The van der Waals surface area contributed by atoms with Gasteiger partial charge in [0.25, 0.3) is 0 Å². The van der Waals surface area contributed by atoms with E-state index >= 15 is 0 Å². The van der Waals surface area contributed by atoms with E-state index in [1.54, 1.807) is 0 Å². The highest BCUT2D eigenvalue weighted by Gasteiger charge is 2.30. The van der Waals surface area contributed by atoms with Gasteiger partial charge in [0.2, 0.25) is 0 Å². The van der Waals surface area contributed by atoms with Gasteiger partial charge in [-0.1, -0.05) is 29.3 Å². The largest absolute Gasteiger partial charge is 0.416 e. The van der Waals surface area contributed by atoms with Crippen LogP contribution in [0.15, 0.2) is 36.4 Å². The Kier molecular flexibility index (Phi) is 4.64. The highest BCUT2D eigenvalue weighted by atomic mass is 35.5. The van der Waals surface area contributed by atoms with E-state index in [0.29, 0.717) is 0 Å². The highest BCUT2D eigenvalue weighted by Crippen LogP contribution is 2.34. The second-order valence-corrected chi connectivity index (χ2v) is 5.06. The maximum atomic E-state index is 13.6. The van der Waals surface area contributed by atoms with Crippen LogP contribution in [-0.4, -0.2) is 0 Å². The summed E-state index contributed by atoms with van der Waals surface area (Å²) in [6.07, 6.45) is -4.46. The van der Waals surface area contributed by atoms with E-state index in [-0.39, 0.29) is 27.8 Å². The Morgan fingerprint density at radius 2 is 1.71 bits per heavy atom. The number of alkyl halides is 3. The fraction of sp³-hybridized carbons (Fsp3) is 0.143. The number of hydrogen-bond donors (Lipinski definition) is 1. The zero-order valence-electron chi connectivity index (χ0n) is 10.4.